The van der Waals surface area contributed by atoms with Gasteiger partial charge in [-0.25, -0.2) is 4.79 Å². The quantitative estimate of drug-likeness (QED) is 0.154. The summed E-state index contributed by atoms with van der Waals surface area (Å²) in [5.74, 6) is -3.07. The molecular formula is C32H35F3N2O4. The summed E-state index contributed by atoms with van der Waals surface area (Å²) in [6, 6.07) is 17.9. The SMILES string of the molecule is CCCCCCCCNC(=O)c1cccc(-c2ccc(CC(NC(=O)C(=O)O)c3ccc(C(F)(F)F)cc3)cc2)c1. The molecule has 9 heteroatoms. The van der Waals surface area contributed by atoms with Crippen molar-refractivity contribution in [3.05, 3.63) is 95.1 Å². The maximum absolute atomic E-state index is 13.0. The zero-order valence-electron chi connectivity index (χ0n) is 23.0. The standard InChI is InChI=1S/C32H35F3N2O4/c1-2-3-4-5-6-7-19-36-29(38)26-10-8-9-25(21-26)23-13-11-22(12-14-23)20-28(37-30(39)31(40)41)24-15-17-27(18-16-24)32(33,34)35/h8-18,21,28H,2-7,19-20H2,1H3,(H,36,38)(H,37,39)(H,40,41). The predicted octanol–water partition coefficient (Wildman–Crippen LogP) is 6.95. The van der Waals surface area contributed by atoms with Crippen LogP contribution in [-0.4, -0.2) is 29.4 Å². The molecule has 0 saturated heterocycles. The molecule has 0 heterocycles. The average Bonchev–Trinajstić information content (AvgIpc) is 2.96. The normalized spacial score (nSPS) is 12.0. The zero-order chi connectivity index (χ0) is 29.8. The summed E-state index contributed by atoms with van der Waals surface area (Å²) in [4.78, 5) is 35.6. The molecule has 0 aliphatic heterocycles. The number of benzene rings is 3. The van der Waals surface area contributed by atoms with Crippen molar-refractivity contribution in [2.24, 2.45) is 0 Å². The van der Waals surface area contributed by atoms with E-state index >= 15 is 0 Å². The number of unbranched alkanes of at least 4 members (excludes halogenated alkanes) is 5. The van der Waals surface area contributed by atoms with Gasteiger partial charge in [-0.15, -0.1) is 0 Å². The van der Waals surface area contributed by atoms with Gasteiger partial charge < -0.3 is 15.7 Å². The van der Waals surface area contributed by atoms with Crippen molar-refractivity contribution in [2.45, 2.75) is 64.1 Å². The number of hydrogen-bond donors (Lipinski definition) is 3. The second kappa shape index (κ2) is 15.0. The van der Waals surface area contributed by atoms with Crippen molar-refractivity contribution in [3.8, 4) is 11.1 Å². The van der Waals surface area contributed by atoms with Crippen molar-refractivity contribution in [2.75, 3.05) is 6.54 Å². The van der Waals surface area contributed by atoms with E-state index in [2.05, 4.69) is 17.6 Å². The Kier molecular flexibility index (Phi) is 11.5. The summed E-state index contributed by atoms with van der Waals surface area (Å²) >= 11 is 0. The van der Waals surface area contributed by atoms with Crippen LogP contribution in [0.25, 0.3) is 11.1 Å². The average molecular weight is 569 g/mol. The molecule has 41 heavy (non-hydrogen) atoms. The van der Waals surface area contributed by atoms with Crippen molar-refractivity contribution in [1.82, 2.24) is 10.6 Å². The second-order valence-electron chi connectivity index (χ2n) is 9.96. The third kappa shape index (κ3) is 9.77. The van der Waals surface area contributed by atoms with Crippen LogP contribution in [0, 0.1) is 0 Å². The van der Waals surface area contributed by atoms with Crippen LogP contribution in [-0.2, 0) is 22.2 Å². The van der Waals surface area contributed by atoms with Crippen molar-refractivity contribution in [3.63, 3.8) is 0 Å². The van der Waals surface area contributed by atoms with E-state index in [0.717, 1.165) is 41.7 Å². The fourth-order valence-corrected chi connectivity index (χ4v) is 4.49. The third-order valence-electron chi connectivity index (χ3n) is 6.81. The predicted molar refractivity (Wildman–Crippen MR) is 151 cm³/mol. The van der Waals surface area contributed by atoms with Gasteiger partial charge in [0, 0.05) is 12.1 Å². The third-order valence-corrected chi connectivity index (χ3v) is 6.81. The molecular weight excluding hydrogens is 533 g/mol. The van der Waals surface area contributed by atoms with Crippen LogP contribution in [0.4, 0.5) is 13.2 Å². The number of alkyl halides is 3. The molecule has 0 radical (unpaired) electrons. The van der Waals surface area contributed by atoms with Gasteiger partial charge in [0.1, 0.15) is 0 Å². The van der Waals surface area contributed by atoms with Crippen LogP contribution >= 0.6 is 0 Å². The van der Waals surface area contributed by atoms with Crippen LogP contribution in [0.2, 0.25) is 0 Å². The Morgan fingerprint density at radius 2 is 1.49 bits per heavy atom. The van der Waals surface area contributed by atoms with Gasteiger partial charge in [0.25, 0.3) is 5.91 Å². The summed E-state index contributed by atoms with van der Waals surface area (Å²) in [7, 11) is 0. The summed E-state index contributed by atoms with van der Waals surface area (Å²) in [6.07, 6.45) is 2.50. The van der Waals surface area contributed by atoms with Crippen molar-refractivity contribution < 1.29 is 32.7 Å². The molecule has 3 rings (SSSR count). The number of amides is 2. The number of carboxylic acid groups (broad SMARTS) is 1. The van der Waals surface area contributed by atoms with E-state index in [4.69, 9.17) is 5.11 Å². The molecule has 1 atom stereocenters. The lowest BCUT2D eigenvalue weighted by Gasteiger charge is -2.19. The van der Waals surface area contributed by atoms with Gasteiger partial charge in [0.2, 0.25) is 0 Å². The van der Waals surface area contributed by atoms with E-state index < -0.39 is 29.7 Å². The smallest absolute Gasteiger partial charge is 0.416 e. The van der Waals surface area contributed by atoms with Crippen LogP contribution < -0.4 is 10.6 Å². The summed E-state index contributed by atoms with van der Waals surface area (Å²) in [6.45, 7) is 2.80. The first-order valence-corrected chi connectivity index (χ1v) is 13.8. The first-order chi connectivity index (χ1) is 19.6. The molecule has 3 aromatic rings. The first-order valence-electron chi connectivity index (χ1n) is 13.8. The Morgan fingerprint density at radius 3 is 2.12 bits per heavy atom. The number of halogens is 3. The van der Waals surface area contributed by atoms with Crippen molar-refractivity contribution in [1.29, 1.82) is 0 Å². The number of carbonyl (C=O) groups excluding carboxylic acids is 2. The Bertz CT molecular complexity index is 1310. The number of rotatable bonds is 13. The lowest BCUT2D eigenvalue weighted by Crippen LogP contribution is -2.35. The maximum atomic E-state index is 13.0. The Balaban J connectivity index is 1.67. The van der Waals surface area contributed by atoms with Gasteiger partial charge in [-0.3, -0.25) is 9.59 Å². The Hall–Kier alpha value is -4.14. The molecule has 1 unspecified atom stereocenters. The molecule has 3 N–H and O–H groups in total. The highest BCUT2D eigenvalue weighted by Crippen LogP contribution is 2.31. The lowest BCUT2D eigenvalue weighted by atomic mass is 9.95. The van der Waals surface area contributed by atoms with E-state index in [-0.39, 0.29) is 12.3 Å². The fraction of sp³-hybridized carbons (Fsp3) is 0.344. The minimum atomic E-state index is -4.51. The molecule has 2 amide bonds. The minimum absolute atomic E-state index is 0.134. The van der Waals surface area contributed by atoms with Gasteiger partial charge in [-0.05, 0) is 59.4 Å². The minimum Gasteiger partial charge on any atom is -0.474 e. The van der Waals surface area contributed by atoms with Gasteiger partial charge in [-0.2, -0.15) is 13.2 Å². The van der Waals surface area contributed by atoms with E-state index in [1.54, 1.807) is 18.2 Å². The highest BCUT2D eigenvalue weighted by Gasteiger charge is 2.30. The van der Waals surface area contributed by atoms with Crippen molar-refractivity contribution >= 4 is 17.8 Å². The molecule has 0 aliphatic carbocycles. The summed E-state index contributed by atoms with van der Waals surface area (Å²) < 4.78 is 38.9. The van der Waals surface area contributed by atoms with Gasteiger partial charge in [0.05, 0.1) is 11.6 Å². The first kappa shape index (κ1) is 31.4. The molecule has 3 aromatic carbocycles. The second-order valence-corrected chi connectivity index (χ2v) is 9.96. The number of carbonyl (C=O) groups is 3. The highest BCUT2D eigenvalue weighted by molar-refractivity contribution is 6.31. The molecule has 0 fully saturated rings. The molecule has 0 saturated carbocycles. The Labute approximate surface area is 238 Å². The van der Waals surface area contributed by atoms with E-state index in [0.29, 0.717) is 17.7 Å². The Morgan fingerprint density at radius 1 is 0.829 bits per heavy atom. The van der Waals surface area contributed by atoms with Crippen LogP contribution in [0.1, 0.15) is 78.5 Å². The molecule has 0 aromatic heterocycles. The largest absolute Gasteiger partial charge is 0.474 e. The van der Waals surface area contributed by atoms with Crippen LogP contribution in [0.5, 0.6) is 0 Å². The van der Waals surface area contributed by atoms with E-state index in [1.807, 2.05) is 30.3 Å². The summed E-state index contributed by atoms with van der Waals surface area (Å²) in [5, 5.41) is 14.4. The van der Waals surface area contributed by atoms with E-state index in [1.165, 1.54) is 37.8 Å². The molecule has 0 spiro atoms. The molecule has 218 valence electrons. The topological polar surface area (TPSA) is 95.5 Å². The van der Waals surface area contributed by atoms with Gasteiger partial charge in [0.15, 0.2) is 0 Å². The van der Waals surface area contributed by atoms with Gasteiger partial charge in [-0.1, -0.05) is 87.6 Å². The monoisotopic (exact) mass is 568 g/mol. The van der Waals surface area contributed by atoms with Crippen LogP contribution in [0.15, 0.2) is 72.8 Å². The molecule has 0 bridgehead atoms. The number of nitrogens with one attached hydrogen (secondary N) is 2. The lowest BCUT2D eigenvalue weighted by molar-refractivity contribution is -0.150. The molecule has 0 aliphatic rings. The van der Waals surface area contributed by atoms with Gasteiger partial charge >= 0.3 is 18.1 Å². The maximum Gasteiger partial charge on any atom is 0.416 e. The number of carboxylic acids is 1. The van der Waals surface area contributed by atoms with Crippen LogP contribution in [0.3, 0.4) is 0 Å². The summed E-state index contributed by atoms with van der Waals surface area (Å²) in [5.41, 5.74) is 2.47. The zero-order valence-corrected chi connectivity index (χ0v) is 23.0. The fourth-order valence-electron chi connectivity index (χ4n) is 4.49. The number of hydrogen-bond acceptors (Lipinski definition) is 3. The highest BCUT2D eigenvalue weighted by atomic mass is 19.4. The number of aliphatic carboxylic acids is 1. The molecule has 6 nitrogen and oxygen atoms in total. The van der Waals surface area contributed by atoms with E-state index in [9.17, 15) is 27.6 Å².